The number of aryl methyl sites for hydroxylation is 1. The number of benzene rings is 1. The highest BCUT2D eigenvalue weighted by Crippen LogP contribution is 2.49. The van der Waals surface area contributed by atoms with Crippen molar-refractivity contribution in [3.63, 3.8) is 0 Å². The van der Waals surface area contributed by atoms with Gasteiger partial charge in [-0.25, -0.2) is 4.79 Å². The summed E-state index contributed by atoms with van der Waals surface area (Å²) < 4.78 is 10.6. The molecule has 150 valence electrons. The third-order valence-corrected chi connectivity index (χ3v) is 5.69. The molecule has 0 N–H and O–H groups in total. The van der Waals surface area contributed by atoms with Gasteiger partial charge in [-0.15, -0.1) is 0 Å². The lowest BCUT2D eigenvalue weighted by Crippen LogP contribution is -2.69. The SMILES string of the molecule is CCc1noc(COC(=O)C23CCC(=O)N2c2ccccc2C(=O)N3C2CC2)n1. The number of hydrogen-bond donors (Lipinski definition) is 0. The molecule has 1 unspecified atom stereocenters. The molecule has 9 nitrogen and oxygen atoms in total. The Morgan fingerprint density at radius 3 is 2.83 bits per heavy atom. The van der Waals surface area contributed by atoms with Crippen LogP contribution in [0.1, 0.15) is 54.7 Å². The van der Waals surface area contributed by atoms with Crippen LogP contribution >= 0.6 is 0 Å². The zero-order valence-corrected chi connectivity index (χ0v) is 16.0. The maximum atomic E-state index is 13.4. The Morgan fingerprint density at radius 1 is 1.31 bits per heavy atom. The summed E-state index contributed by atoms with van der Waals surface area (Å²) >= 11 is 0. The number of fused-ring (bicyclic) bond motifs is 3. The fourth-order valence-corrected chi connectivity index (χ4v) is 4.25. The molecule has 0 spiro atoms. The molecule has 5 rings (SSSR count). The second-order valence-electron chi connectivity index (χ2n) is 7.50. The zero-order chi connectivity index (χ0) is 20.2. The Morgan fingerprint density at radius 2 is 2.10 bits per heavy atom. The molecule has 3 aliphatic rings. The van der Waals surface area contributed by atoms with E-state index in [1.165, 1.54) is 4.90 Å². The molecule has 3 heterocycles. The third-order valence-electron chi connectivity index (χ3n) is 5.69. The second kappa shape index (κ2) is 6.40. The van der Waals surface area contributed by atoms with Crippen LogP contribution < -0.4 is 4.90 Å². The Labute approximate surface area is 166 Å². The molecule has 2 aliphatic heterocycles. The normalized spacial score (nSPS) is 23.2. The Kier molecular flexibility index (Phi) is 3.94. The van der Waals surface area contributed by atoms with Gasteiger partial charge in [0.15, 0.2) is 12.4 Å². The molecule has 1 saturated carbocycles. The van der Waals surface area contributed by atoms with E-state index in [0.717, 1.165) is 12.8 Å². The number of carbonyl (C=O) groups is 3. The molecular formula is C20H20N4O5. The first-order valence-corrected chi connectivity index (χ1v) is 9.80. The summed E-state index contributed by atoms with van der Waals surface area (Å²) in [5, 5.41) is 3.79. The maximum Gasteiger partial charge on any atom is 0.354 e. The molecular weight excluding hydrogens is 376 g/mol. The fourth-order valence-electron chi connectivity index (χ4n) is 4.25. The minimum atomic E-state index is -1.46. The summed E-state index contributed by atoms with van der Waals surface area (Å²) in [7, 11) is 0. The van der Waals surface area contributed by atoms with Gasteiger partial charge < -0.3 is 14.2 Å². The molecule has 0 radical (unpaired) electrons. The Bertz CT molecular complexity index is 1010. The van der Waals surface area contributed by atoms with Crippen LogP contribution in [-0.2, 0) is 27.4 Å². The molecule has 2 aromatic rings. The molecule has 2 fully saturated rings. The monoisotopic (exact) mass is 396 g/mol. The lowest BCUT2D eigenvalue weighted by molar-refractivity contribution is -0.159. The van der Waals surface area contributed by atoms with E-state index in [2.05, 4.69) is 10.1 Å². The zero-order valence-electron chi connectivity index (χ0n) is 16.0. The number of para-hydroxylation sites is 1. The number of anilines is 1. The van der Waals surface area contributed by atoms with E-state index < -0.39 is 11.6 Å². The summed E-state index contributed by atoms with van der Waals surface area (Å²) in [4.78, 5) is 46.7. The summed E-state index contributed by atoms with van der Waals surface area (Å²) in [6, 6.07) is 6.83. The van der Waals surface area contributed by atoms with E-state index in [0.29, 0.717) is 23.5 Å². The van der Waals surface area contributed by atoms with Crippen LogP contribution in [-0.4, -0.2) is 44.5 Å². The number of esters is 1. The van der Waals surface area contributed by atoms with Crippen LogP contribution in [0.2, 0.25) is 0 Å². The number of aromatic nitrogens is 2. The standard InChI is InChI=1S/C20H20N4O5/c1-2-15-21-16(29-22-15)11-28-19(27)20-10-9-17(25)24(20)14-6-4-3-5-13(14)18(26)23(20)12-7-8-12/h3-6,12H,2,7-11H2,1H3. The second-order valence-corrected chi connectivity index (χ2v) is 7.50. The summed E-state index contributed by atoms with van der Waals surface area (Å²) in [5.74, 6) is -0.374. The first-order chi connectivity index (χ1) is 14.1. The predicted molar refractivity (Wildman–Crippen MR) is 98.6 cm³/mol. The number of carbonyl (C=O) groups excluding carboxylic acids is 3. The van der Waals surface area contributed by atoms with Gasteiger partial charge in [-0.2, -0.15) is 4.98 Å². The number of hydrogen-bond acceptors (Lipinski definition) is 7. The Balaban J connectivity index is 1.53. The van der Waals surface area contributed by atoms with Crippen molar-refractivity contribution in [2.75, 3.05) is 4.90 Å². The van der Waals surface area contributed by atoms with Crippen molar-refractivity contribution >= 4 is 23.5 Å². The highest BCUT2D eigenvalue weighted by atomic mass is 16.6. The topological polar surface area (TPSA) is 106 Å². The number of ether oxygens (including phenoxy) is 1. The van der Waals surface area contributed by atoms with Crippen molar-refractivity contribution in [1.29, 1.82) is 0 Å². The van der Waals surface area contributed by atoms with Gasteiger partial charge >= 0.3 is 5.97 Å². The van der Waals surface area contributed by atoms with Gasteiger partial charge in [0.2, 0.25) is 11.6 Å². The van der Waals surface area contributed by atoms with Crippen LogP contribution in [0.15, 0.2) is 28.8 Å². The van der Waals surface area contributed by atoms with Crippen LogP contribution in [0.3, 0.4) is 0 Å². The molecule has 0 bridgehead atoms. The lowest BCUT2D eigenvalue weighted by atomic mass is 9.96. The van der Waals surface area contributed by atoms with E-state index in [1.807, 2.05) is 6.92 Å². The van der Waals surface area contributed by atoms with Crippen LogP contribution in [0.25, 0.3) is 0 Å². The van der Waals surface area contributed by atoms with Gasteiger partial charge in [0.05, 0.1) is 11.3 Å². The summed E-state index contributed by atoms with van der Waals surface area (Å²) in [5.41, 5.74) is -0.570. The van der Waals surface area contributed by atoms with Gasteiger partial charge in [-0.1, -0.05) is 24.2 Å². The smallest absolute Gasteiger partial charge is 0.354 e. The first-order valence-electron chi connectivity index (χ1n) is 9.80. The van der Waals surface area contributed by atoms with Crippen molar-refractivity contribution in [3.05, 3.63) is 41.5 Å². The van der Waals surface area contributed by atoms with Gasteiger partial charge in [-0.05, 0) is 25.0 Å². The highest BCUT2D eigenvalue weighted by molar-refractivity contribution is 6.15. The molecule has 1 atom stereocenters. The van der Waals surface area contributed by atoms with Gasteiger partial charge in [0.1, 0.15) is 0 Å². The lowest BCUT2D eigenvalue weighted by Gasteiger charge is -2.48. The quantitative estimate of drug-likeness (QED) is 0.710. The van der Waals surface area contributed by atoms with Gasteiger partial charge in [0.25, 0.3) is 11.8 Å². The van der Waals surface area contributed by atoms with E-state index in [4.69, 9.17) is 9.26 Å². The Hall–Kier alpha value is -3.23. The minimum absolute atomic E-state index is 0.0769. The van der Waals surface area contributed by atoms with Crippen molar-refractivity contribution < 1.29 is 23.6 Å². The van der Waals surface area contributed by atoms with Gasteiger partial charge in [0, 0.05) is 25.3 Å². The van der Waals surface area contributed by atoms with Crippen molar-refractivity contribution in [3.8, 4) is 0 Å². The number of rotatable bonds is 5. The first kappa shape index (κ1) is 17.8. The molecule has 9 heteroatoms. The predicted octanol–water partition coefficient (Wildman–Crippen LogP) is 1.82. The molecule has 1 saturated heterocycles. The average Bonchev–Trinajstić information content (AvgIpc) is 3.35. The molecule has 1 aliphatic carbocycles. The van der Waals surface area contributed by atoms with Crippen molar-refractivity contribution in [2.24, 2.45) is 0 Å². The molecule has 29 heavy (non-hydrogen) atoms. The largest absolute Gasteiger partial charge is 0.452 e. The van der Waals surface area contributed by atoms with Crippen LogP contribution in [0.4, 0.5) is 5.69 Å². The summed E-state index contributed by atoms with van der Waals surface area (Å²) in [6.07, 6.45) is 2.57. The van der Waals surface area contributed by atoms with E-state index in [1.54, 1.807) is 29.2 Å². The molecule has 2 amide bonds. The molecule has 1 aromatic heterocycles. The number of nitrogens with zero attached hydrogens (tertiary/aromatic N) is 4. The van der Waals surface area contributed by atoms with E-state index >= 15 is 0 Å². The highest BCUT2D eigenvalue weighted by Gasteiger charge is 2.64. The minimum Gasteiger partial charge on any atom is -0.452 e. The van der Waals surface area contributed by atoms with Crippen LogP contribution in [0, 0.1) is 0 Å². The van der Waals surface area contributed by atoms with Gasteiger partial charge in [-0.3, -0.25) is 14.5 Å². The fraction of sp³-hybridized carbons (Fsp3) is 0.450. The maximum absolute atomic E-state index is 13.4. The van der Waals surface area contributed by atoms with E-state index in [9.17, 15) is 14.4 Å². The van der Waals surface area contributed by atoms with Crippen molar-refractivity contribution in [1.82, 2.24) is 15.0 Å². The summed E-state index contributed by atoms with van der Waals surface area (Å²) in [6.45, 7) is 1.68. The average molecular weight is 396 g/mol. The third kappa shape index (κ3) is 2.56. The van der Waals surface area contributed by atoms with E-state index in [-0.39, 0.29) is 43.2 Å². The number of amides is 2. The molecule has 1 aromatic carbocycles. The van der Waals surface area contributed by atoms with Crippen LogP contribution in [0.5, 0.6) is 0 Å². The van der Waals surface area contributed by atoms with Crippen molar-refractivity contribution in [2.45, 2.75) is 57.3 Å².